The second-order valence-corrected chi connectivity index (χ2v) is 10.5. The first kappa shape index (κ1) is 18.3. The standard InChI is InChI=1S/C21H25N3O2S2/c1-14-4-8-21(9-5-14)19(25)24(20(26)22-21)13-23-10-6-16-15(7-12-28-16)18(23)17-3-2-11-27-17/h2-3,7,11-12,14,18H,4-6,8-10,13H2,1H3,(H,22,26)/p+1/t14?,18-,21?/m0/s1. The van der Waals surface area contributed by atoms with E-state index in [0.29, 0.717) is 12.6 Å². The Morgan fingerprint density at radius 1 is 1.21 bits per heavy atom. The Morgan fingerprint density at radius 2 is 2.04 bits per heavy atom. The van der Waals surface area contributed by atoms with Crippen LogP contribution in [-0.4, -0.2) is 35.6 Å². The maximum absolute atomic E-state index is 13.3. The van der Waals surface area contributed by atoms with Gasteiger partial charge in [0, 0.05) is 16.9 Å². The van der Waals surface area contributed by atoms with Crippen LogP contribution in [0.5, 0.6) is 0 Å². The van der Waals surface area contributed by atoms with Gasteiger partial charge in [0.25, 0.3) is 5.91 Å². The van der Waals surface area contributed by atoms with Gasteiger partial charge >= 0.3 is 6.03 Å². The Hall–Kier alpha value is -1.70. The van der Waals surface area contributed by atoms with E-state index < -0.39 is 5.54 Å². The van der Waals surface area contributed by atoms with Crippen molar-refractivity contribution < 1.29 is 14.5 Å². The Kier molecular flexibility index (Phi) is 4.56. The van der Waals surface area contributed by atoms with E-state index in [2.05, 4.69) is 41.2 Å². The number of urea groups is 1. The van der Waals surface area contributed by atoms with Crippen LogP contribution in [0, 0.1) is 5.92 Å². The van der Waals surface area contributed by atoms with Gasteiger partial charge < -0.3 is 10.2 Å². The fourth-order valence-corrected chi connectivity index (χ4v) is 6.87. The van der Waals surface area contributed by atoms with Crippen molar-refractivity contribution in [3.8, 4) is 0 Å². The van der Waals surface area contributed by atoms with Gasteiger partial charge in [-0.3, -0.25) is 4.79 Å². The van der Waals surface area contributed by atoms with E-state index in [1.165, 1.54) is 25.1 Å². The number of rotatable bonds is 3. The van der Waals surface area contributed by atoms with Crippen molar-refractivity contribution in [2.75, 3.05) is 13.2 Å². The first-order valence-electron chi connectivity index (χ1n) is 10.2. The molecule has 4 heterocycles. The minimum absolute atomic E-state index is 0.00190. The highest BCUT2D eigenvalue weighted by Crippen LogP contribution is 2.36. The van der Waals surface area contributed by atoms with Crippen molar-refractivity contribution in [3.05, 3.63) is 44.3 Å². The molecule has 3 amide bonds. The summed E-state index contributed by atoms with van der Waals surface area (Å²) >= 11 is 3.58. The lowest BCUT2D eigenvalue weighted by Gasteiger charge is -2.35. The molecule has 1 spiro atoms. The van der Waals surface area contributed by atoms with Crippen molar-refractivity contribution in [2.45, 2.75) is 50.6 Å². The second-order valence-electron chi connectivity index (χ2n) is 8.49. The third-order valence-corrected chi connectivity index (χ3v) is 8.67. The lowest BCUT2D eigenvalue weighted by Crippen LogP contribution is -3.15. The minimum atomic E-state index is -0.648. The van der Waals surface area contributed by atoms with Crippen LogP contribution in [0.3, 0.4) is 0 Å². The zero-order valence-corrected chi connectivity index (χ0v) is 17.7. The Morgan fingerprint density at radius 3 is 2.79 bits per heavy atom. The molecule has 28 heavy (non-hydrogen) atoms. The molecule has 2 aliphatic heterocycles. The topological polar surface area (TPSA) is 53.9 Å². The number of fused-ring (bicyclic) bond motifs is 1. The third kappa shape index (κ3) is 2.91. The average Bonchev–Trinajstić information content (AvgIpc) is 3.42. The summed E-state index contributed by atoms with van der Waals surface area (Å²) in [5, 5.41) is 7.35. The monoisotopic (exact) mass is 416 g/mol. The summed E-state index contributed by atoms with van der Waals surface area (Å²) in [5.74, 6) is 0.635. The van der Waals surface area contributed by atoms with Gasteiger partial charge in [0.2, 0.25) is 0 Å². The molecule has 1 saturated carbocycles. The predicted molar refractivity (Wildman–Crippen MR) is 111 cm³/mol. The molecule has 1 unspecified atom stereocenters. The number of carbonyl (C=O) groups excluding carboxylic acids is 2. The van der Waals surface area contributed by atoms with Crippen LogP contribution in [0.15, 0.2) is 29.0 Å². The van der Waals surface area contributed by atoms with E-state index in [4.69, 9.17) is 0 Å². The number of thiophene rings is 2. The van der Waals surface area contributed by atoms with Crippen LogP contribution in [0.2, 0.25) is 0 Å². The number of nitrogens with one attached hydrogen (secondary N) is 2. The molecule has 1 aliphatic carbocycles. The summed E-state index contributed by atoms with van der Waals surface area (Å²) in [6, 6.07) is 6.49. The summed E-state index contributed by atoms with van der Waals surface area (Å²) in [6.45, 7) is 3.62. The highest BCUT2D eigenvalue weighted by atomic mass is 32.1. The highest BCUT2D eigenvalue weighted by Gasteiger charge is 2.53. The molecule has 2 aromatic rings. The zero-order chi connectivity index (χ0) is 19.3. The fraction of sp³-hybridized carbons (Fsp3) is 0.524. The molecule has 2 fully saturated rings. The lowest BCUT2D eigenvalue weighted by atomic mass is 9.77. The summed E-state index contributed by atoms with van der Waals surface area (Å²) in [4.78, 5) is 31.6. The summed E-state index contributed by atoms with van der Waals surface area (Å²) in [6.07, 6.45) is 4.57. The summed E-state index contributed by atoms with van der Waals surface area (Å²) in [7, 11) is 0. The van der Waals surface area contributed by atoms with Gasteiger partial charge in [0.15, 0.2) is 12.7 Å². The van der Waals surface area contributed by atoms with Crippen LogP contribution < -0.4 is 10.2 Å². The SMILES string of the molecule is CC1CCC2(CC1)NC(=O)N(C[NH+]1CCc3sccc3[C@H]1c1cccs1)C2=O. The second kappa shape index (κ2) is 6.97. The van der Waals surface area contributed by atoms with E-state index in [1.807, 2.05) is 11.3 Å². The number of carbonyl (C=O) groups is 2. The first-order valence-corrected chi connectivity index (χ1v) is 11.9. The molecule has 0 bridgehead atoms. The molecular formula is C21H26N3O2S2+. The van der Waals surface area contributed by atoms with E-state index in [0.717, 1.165) is 38.6 Å². The smallest absolute Gasteiger partial charge is 0.323 e. The number of amides is 3. The maximum atomic E-state index is 13.3. The van der Waals surface area contributed by atoms with Gasteiger partial charge in [-0.15, -0.1) is 22.7 Å². The molecule has 5 nitrogen and oxygen atoms in total. The summed E-state index contributed by atoms with van der Waals surface area (Å²) < 4.78 is 0. The normalized spacial score (nSPS) is 32.6. The molecule has 0 aromatic carbocycles. The predicted octanol–water partition coefficient (Wildman–Crippen LogP) is 2.80. The van der Waals surface area contributed by atoms with Crippen LogP contribution in [0.1, 0.15) is 54.0 Å². The van der Waals surface area contributed by atoms with Gasteiger partial charge in [-0.05, 0) is 54.5 Å². The van der Waals surface area contributed by atoms with E-state index >= 15 is 0 Å². The number of hydrogen-bond acceptors (Lipinski definition) is 4. The van der Waals surface area contributed by atoms with Crippen LogP contribution >= 0.6 is 22.7 Å². The molecule has 1 saturated heterocycles. The lowest BCUT2D eigenvalue weighted by molar-refractivity contribution is -0.934. The van der Waals surface area contributed by atoms with E-state index in [1.54, 1.807) is 11.3 Å². The maximum Gasteiger partial charge on any atom is 0.329 e. The molecule has 5 rings (SSSR count). The van der Waals surface area contributed by atoms with Crippen molar-refractivity contribution >= 4 is 34.6 Å². The minimum Gasteiger partial charge on any atom is -0.323 e. The molecule has 7 heteroatoms. The summed E-state index contributed by atoms with van der Waals surface area (Å²) in [5.41, 5.74) is 0.715. The molecule has 2 aromatic heterocycles. The van der Waals surface area contributed by atoms with E-state index in [9.17, 15) is 9.59 Å². The van der Waals surface area contributed by atoms with Crippen molar-refractivity contribution in [1.82, 2.24) is 10.2 Å². The first-order chi connectivity index (χ1) is 13.6. The van der Waals surface area contributed by atoms with Crippen LogP contribution in [-0.2, 0) is 11.2 Å². The Bertz CT molecular complexity index is 883. The van der Waals surface area contributed by atoms with Crippen LogP contribution in [0.4, 0.5) is 4.79 Å². The molecule has 2 N–H and O–H groups in total. The fourth-order valence-electron chi connectivity index (χ4n) is 5.05. The molecule has 148 valence electrons. The number of imide groups is 1. The van der Waals surface area contributed by atoms with Crippen molar-refractivity contribution in [1.29, 1.82) is 0 Å². The zero-order valence-electron chi connectivity index (χ0n) is 16.1. The van der Waals surface area contributed by atoms with Gasteiger partial charge in [-0.1, -0.05) is 13.0 Å². The van der Waals surface area contributed by atoms with Crippen molar-refractivity contribution in [2.24, 2.45) is 5.92 Å². The average molecular weight is 417 g/mol. The van der Waals surface area contributed by atoms with Gasteiger partial charge in [-0.25, -0.2) is 9.69 Å². The van der Waals surface area contributed by atoms with Gasteiger partial charge in [-0.2, -0.15) is 0 Å². The van der Waals surface area contributed by atoms with Gasteiger partial charge in [0.1, 0.15) is 5.54 Å². The number of nitrogens with zero attached hydrogens (tertiary/aromatic N) is 1. The molecular weight excluding hydrogens is 390 g/mol. The van der Waals surface area contributed by atoms with E-state index in [-0.39, 0.29) is 18.0 Å². The largest absolute Gasteiger partial charge is 0.329 e. The Balaban J connectivity index is 1.41. The molecule has 2 atom stereocenters. The highest BCUT2D eigenvalue weighted by molar-refractivity contribution is 7.10. The van der Waals surface area contributed by atoms with Crippen LogP contribution in [0.25, 0.3) is 0 Å². The number of quaternary nitrogens is 1. The Labute approximate surface area is 173 Å². The number of hydrogen-bond donors (Lipinski definition) is 2. The quantitative estimate of drug-likeness (QED) is 0.756. The van der Waals surface area contributed by atoms with Gasteiger partial charge in [0.05, 0.1) is 11.4 Å². The molecule has 3 aliphatic rings. The third-order valence-electron chi connectivity index (χ3n) is 6.73. The van der Waals surface area contributed by atoms with Crippen molar-refractivity contribution in [3.63, 3.8) is 0 Å². The molecule has 0 radical (unpaired) electrons.